The summed E-state index contributed by atoms with van der Waals surface area (Å²) in [5.41, 5.74) is 0.951. The van der Waals surface area contributed by atoms with E-state index >= 15 is 0 Å². The highest BCUT2D eigenvalue weighted by atomic mass is 32.1. The summed E-state index contributed by atoms with van der Waals surface area (Å²) in [4.78, 5) is 16.2. The molecule has 0 saturated heterocycles. The zero-order chi connectivity index (χ0) is 15.9. The molecule has 2 rings (SSSR count). The molecule has 22 heavy (non-hydrogen) atoms. The predicted octanol–water partition coefficient (Wildman–Crippen LogP) is 3.67. The van der Waals surface area contributed by atoms with Gasteiger partial charge in [0.15, 0.2) is 0 Å². The highest BCUT2D eigenvalue weighted by Gasteiger charge is 2.12. The highest BCUT2D eigenvalue weighted by Crippen LogP contribution is 2.19. The third-order valence-electron chi connectivity index (χ3n) is 3.40. The zero-order valence-corrected chi connectivity index (χ0v) is 14.2. The van der Waals surface area contributed by atoms with Crippen molar-refractivity contribution in [3.63, 3.8) is 0 Å². The first kappa shape index (κ1) is 16.7. The molecule has 1 amide bonds. The van der Waals surface area contributed by atoms with Crippen LogP contribution in [0.25, 0.3) is 11.4 Å². The van der Waals surface area contributed by atoms with Crippen molar-refractivity contribution < 1.29 is 9.32 Å². The van der Waals surface area contributed by atoms with E-state index in [9.17, 15) is 4.79 Å². The molecular weight excluding hydrogens is 298 g/mol. The number of carbonyl (C=O) groups is 1. The second kappa shape index (κ2) is 8.08. The van der Waals surface area contributed by atoms with Crippen LogP contribution in [0, 0.1) is 5.92 Å². The molecule has 2 aromatic rings. The van der Waals surface area contributed by atoms with Crippen LogP contribution in [-0.2, 0) is 11.2 Å². The first-order valence-electron chi connectivity index (χ1n) is 7.69. The van der Waals surface area contributed by atoms with Crippen molar-refractivity contribution in [3.05, 3.63) is 22.7 Å². The fourth-order valence-corrected chi connectivity index (χ4v) is 2.72. The minimum absolute atomic E-state index is 0.0338. The van der Waals surface area contributed by atoms with Crippen LogP contribution in [0.4, 0.5) is 0 Å². The van der Waals surface area contributed by atoms with Crippen molar-refractivity contribution >= 4 is 17.2 Å². The minimum Gasteiger partial charge on any atom is -0.354 e. The number of hydrogen-bond acceptors (Lipinski definition) is 5. The monoisotopic (exact) mass is 321 g/mol. The normalized spacial score (nSPS) is 12.5. The van der Waals surface area contributed by atoms with Crippen LogP contribution in [-0.4, -0.2) is 22.1 Å². The summed E-state index contributed by atoms with van der Waals surface area (Å²) in [7, 11) is 0. The molecule has 0 spiro atoms. The smallest absolute Gasteiger partial charge is 0.227 e. The number of thiophene rings is 1. The van der Waals surface area contributed by atoms with Gasteiger partial charge >= 0.3 is 0 Å². The Morgan fingerprint density at radius 1 is 1.36 bits per heavy atom. The van der Waals surface area contributed by atoms with Gasteiger partial charge in [0, 0.05) is 29.8 Å². The van der Waals surface area contributed by atoms with Crippen LogP contribution in [0.1, 0.15) is 45.9 Å². The van der Waals surface area contributed by atoms with Gasteiger partial charge in [-0.1, -0.05) is 19.0 Å². The van der Waals surface area contributed by atoms with Crippen molar-refractivity contribution in [2.24, 2.45) is 5.92 Å². The SMILES string of the molecule is CC(C)CCC(C)NC(=O)CCc1nc(-c2ccsc2)no1. The maximum Gasteiger partial charge on any atom is 0.227 e. The zero-order valence-electron chi connectivity index (χ0n) is 13.3. The van der Waals surface area contributed by atoms with Crippen LogP contribution in [0.3, 0.4) is 0 Å². The number of carbonyl (C=O) groups excluding carboxylic acids is 1. The van der Waals surface area contributed by atoms with Crippen molar-refractivity contribution in [2.75, 3.05) is 0 Å². The van der Waals surface area contributed by atoms with Gasteiger partial charge in [0.2, 0.25) is 17.6 Å². The van der Waals surface area contributed by atoms with E-state index in [0.29, 0.717) is 30.5 Å². The Morgan fingerprint density at radius 2 is 2.18 bits per heavy atom. The number of aryl methyl sites for hydroxylation is 1. The number of nitrogens with zero attached hydrogens (tertiary/aromatic N) is 2. The van der Waals surface area contributed by atoms with Crippen LogP contribution in [0.15, 0.2) is 21.3 Å². The van der Waals surface area contributed by atoms with E-state index in [1.807, 2.05) is 23.8 Å². The fraction of sp³-hybridized carbons (Fsp3) is 0.562. The van der Waals surface area contributed by atoms with Crippen molar-refractivity contribution in [1.82, 2.24) is 15.5 Å². The lowest BCUT2D eigenvalue weighted by Crippen LogP contribution is -2.32. The van der Waals surface area contributed by atoms with Gasteiger partial charge in [-0.3, -0.25) is 4.79 Å². The third-order valence-corrected chi connectivity index (χ3v) is 4.08. The average Bonchev–Trinajstić information content (AvgIpc) is 3.13. The van der Waals surface area contributed by atoms with E-state index < -0.39 is 0 Å². The summed E-state index contributed by atoms with van der Waals surface area (Å²) in [6, 6.07) is 2.15. The Hall–Kier alpha value is -1.69. The second-order valence-electron chi connectivity index (χ2n) is 5.96. The van der Waals surface area contributed by atoms with E-state index in [4.69, 9.17) is 4.52 Å². The molecular formula is C16H23N3O2S. The van der Waals surface area contributed by atoms with Gasteiger partial charge in [0.05, 0.1) is 0 Å². The Labute approximate surface area is 135 Å². The lowest BCUT2D eigenvalue weighted by Gasteiger charge is -2.14. The maximum atomic E-state index is 11.9. The van der Waals surface area contributed by atoms with Crippen LogP contribution >= 0.6 is 11.3 Å². The molecule has 1 unspecified atom stereocenters. The highest BCUT2D eigenvalue weighted by molar-refractivity contribution is 7.08. The Balaban J connectivity index is 1.74. The van der Waals surface area contributed by atoms with Crippen LogP contribution in [0.2, 0.25) is 0 Å². The molecule has 0 aliphatic carbocycles. The lowest BCUT2D eigenvalue weighted by molar-refractivity contribution is -0.121. The van der Waals surface area contributed by atoms with Gasteiger partial charge in [-0.05, 0) is 37.1 Å². The molecule has 0 bridgehead atoms. The topological polar surface area (TPSA) is 68.0 Å². The van der Waals surface area contributed by atoms with Gasteiger partial charge in [-0.25, -0.2) is 0 Å². The van der Waals surface area contributed by atoms with Gasteiger partial charge in [-0.2, -0.15) is 16.3 Å². The molecule has 120 valence electrons. The molecule has 5 nitrogen and oxygen atoms in total. The Morgan fingerprint density at radius 3 is 2.86 bits per heavy atom. The average molecular weight is 321 g/mol. The summed E-state index contributed by atoms with van der Waals surface area (Å²) >= 11 is 1.59. The number of amides is 1. The number of rotatable bonds is 8. The first-order chi connectivity index (χ1) is 10.5. The van der Waals surface area contributed by atoms with Crippen LogP contribution in [0.5, 0.6) is 0 Å². The maximum absolute atomic E-state index is 11.9. The molecule has 2 aromatic heterocycles. The molecule has 0 aliphatic rings. The molecule has 2 heterocycles. The van der Waals surface area contributed by atoms with Gasteiger partial charge in [-0.15, -0.1) is 0 Å². The van der Waals surface area contributed by atoms with Gasteiger partial charge in [0.25, 0.3) is 0 Å². The second-order valence-corrected chi connectivity index (χ2v) is 6.74. The van der Waals surface area contributed by atoms with E-state index in [0.717, 1.165) is 18.4 Å². The van der Waals surface area contributed by atoms with E-state index in [1.54, 1.807) is 11.3 Å². The Kier molecular flexibility index (Phi) is 6.12. The summed E-state index contributed by atoms with van der Waals surface area (Å²) in [5, 5.41) is 10.9. The largest absolute Gasteiger partial charge is 0.354 e. The molecule has 1 N–H and O–H groups in total. The molecule has 1 atom stereocenters. The number of nitrogens with one attached hydrogen (secondary N) is 1. The van der Waals surface area contributed by atoms with Crippen LogP contribution < -0.4 is 5.32 Å². The van der Waals surface area contributed by atoms with E-state index in [1.165, 1.54) is 0 Å². The number of hydrogen-bond donors (Lipinski definition) is 1. The predicted molar refractivity (Wildman–Crippen MR) is 87.6 cm³/mol. The molecule has 0 saturated carbocycles. The number of aromatic nitrogens is 2. The van der Waals surface area contributed by atoms with Gasteiger partial charge in [0.1, 0.15) is 0 Å². The van der Waals surface area contributed by atoms with Crippen molar-refractivity contribution in [3.8, 4) is 11.4 Å². The molecule has 0 radical (unpaired) electrons. The molecule has 0 fully saturated rings. The lowest BCUT2D eigenvalue weighted by atomic mass is 10.0. The quantitative estimate of drug-likeness (QED) is 0.805. The standard InChI is InChI=1S/C16H23N3O2S/c1-11(2)4-5-12(3)17-14(20)6-7-15-18-16(19-21-15)13-8-9-22-10-13/h8-12H,4-7H2,1-3H3,(H,17,20). The molecule has 0 aromatic carbocycles. The minimum atomic E-state index is 0.0338. The summed E-state index contributed by atoms with van der Waals surface area (Å²) in [5.74, 6) is 1.79. The van der Waals surface area contributed by atoms with E-state index in [-0.39, 0.29) is 11.9 Å². The molecule has 6 heteroatoms. The molecule has 0 aliphatic heterocycles. The summed E-state index contributed by atoms with van der Waals surface area (Å²) < 4.78 is 5.19. The van der Waals surface area contributed by atoms with Crippen molar-refractivity contribution in [2.45, 2.75) is 52.5 Å². The van der Waals surface area contributed by atoms with E-state index in [2.05, 4.69) is 29.3 Å². The van der Waals surface area contributed by atoms with Gasteiger partial charge < -0.3 is 9.84 Å². The summed E-state index contributed by atoms with van der Waals surface area (Å²) in [6.07, 6.45) is 2.97. The third kappa shape index (κ3) is 5.26. The first-order valence-corrected chi connectivity index (χ1v) is 8.63. The Bertz CT molecular complexity index is 578. The van der Waals surface area contributed by atoms with Crippen molar-refractivity contribution in [1.29, 1.82) is 0 Å². The summed E-state index contributed by atoms with van der Waals surface area (Å²) in [6.45, 7) is 6.42. The fourth-order valence-electron chi connectivity index (χ4n) is 2.09.